The lowest BCUT2D eigenvalue weighted by atomic mass is 10.1. The van der Waals surface area contributed by atoms with Crippen LogP contribution in [0.3, 0.4) is 0 Å². The molecular weight excluding hydrogens is 380 g/mol. The van der Waals surface area contributed by atoms with E-state index in [1.807, 2.05) is 0 Å². The number of hydrogen-bond donors (Lipinski definition) is 0. The zero-order valence-electron chi connectivity index (χ0n) is 16.5. The van der Waals surface area contributed by atoms with Gasteiger partial charge >= 0.3 is 17.6 Å². The fourth-order valence-electron chi connectivity index (χ4n) is 2.81. The fourth-order valence-corrected chi connectivity index (χ4v) is 2.81. The molecule has 1 aromatic carbocycles. The molecule has 3 aromatic rings. The first kappa shape index (κ1) is 20.2. The predicted octanol–water partition coefficient (Wildman–Crippen LogP) is 3.54. The van der Waals surface area contributed by atoms with Gasteiger partial charge in [-0.25, -0.2) is 4.79 Å². The highest BCUT2D eigenvalue weighted by Gasteiger charge is 2.21. The van der Waals surface area contributed by atoms with Crippen molar-refractivity contribution in [2.24, 2.45) is 0 Å². The molecular formula is C21H20O8. The second kappa shape index (κ2) is 8.22. The zero-order chi connectivity index (χ0) is 21.1. The van der Waals surface area contributed by atoms with E-state index in [0.717, 1.165) is 5.39 Å². The number of ether oxygens (including phenoxy) is 3. The molecule has 0 N–H and O–H groups in total. The van der Waals surface area contributed by atoms with Crippen molar-refractivity contribution in [2.75, 3.05) is 13.2 Å². The summed E-state index contributed by atoms with van der Waals surface area (Å²) in [4.78, 5) is 34.3. The Hall–Kier alpha value is -3.55. The summed E-state index contributed by atoms with van der Waals surface area (Å²) in [7, 11) is 0. The SMILES string of the molecule is CC(=O)OCCOc1ccc2cc(-c3oc(=O)c(C)c(OC(C)=O)c3C)oc2c1. The Morgan fingerprint density at radius 1 is 0.966 bits per heavy atom. The summed E-state index contributed by atoms with van der Waals surface area (Å²) in [5, 5.41) is 0.768. The smallest absolute Gasteiger partial charge is 0.343 e. The zero-order valence-corrected chi connectivity index (χ0v) is 16.5. The Morgan fingerprint density at radius 3 is 2.41 bits per heavy atom. The molecule has 0 fully saturated rings. The molecule has 0 bridgehead atoms. The van der Waals surface area contributed by atoms with Crippen LogP contribution < -0.4 is 15.1 Å². The molecule has 0 aliphatic heterocycles. The van der Waals surface area contributed by atoms with E-state index in [0.29, 0.717) is 22.7 Å². The van der Waals surface area contributed by atoms with Gasteiger partial charge in [0.05, 0.1) is 5.56 Å². The van der Waals surface area contributed by atoms with Crippen molar-refractivity contribution in [3.05, 3.63) is 45.8 Å². The number of hydrogen-bond acceptors (Lipinski definition) is 8. The lowest BCUT2D eigenvalue weighted by molar-refractivity contribution is -0.141. The summed E-state index contributed by atoms with van der Waals surface area (Å²) in [6, 6.07) is 6.94. The highest BCUT2D eigenvalue weighted by atomic mass is 16.6. The maximum Gasteiger partial charge on any atom is 0.343 e. The molecule has 0 atom stereocenters. The summed E-state index contributed by atoms with van der Waals surface area (Å²) < 4.78 is 26.8. The van der Waals surface area contributed by atoms with Crippen LogP contribution in [0.5, 0.6) is 11.5 Å². The Kier molecular flexibility index (Phi) is 5.72. The Balaban J connectivity index is 1.92. The second-order valence-electron chi connectivity index (χ2n) is 6.39. The van der Waals surface area contributed by atoms with Crippen LogP contribution in [0.1, 0.15) is 25.0 Å². The molecule has 0 radical (unpaired) electrons. The average molecular weight is 400 g/mol. The first-order chi connectivity index (χ1) is 13.8. The van der Waals surface area contributed by atoms with Crippen molar-refractivity contribution in [2.45, 2.75) is 27.7 Å². The molecule has 0 spiro atoms. The topological polar surface area (TPSA) is 105 Å². The van der Waals surface area contributed by atoms with Gasteiger partial charge in [-0.1, -0.05) is 0 Å². The molecule has 0 saturated carbocycles. The van der Waals surface area contributed by atoms with Gasteiger partial charge in [0.25, 0.3) is 0 Å². The van der Waals surface area contributed by atoms with Gasteiger partial charge in [0, 0.05) is 30.9 Å². The maximum atomic E-state index is 12.2. The molecule has 0 aliphatic rings. The minimum atomic E-state index is -0.614. The number of esters is 2. The summed E-state index contributed by atoms with van der Waals surface area (Å²) in [5.41, 5.74) is 0.591. The van der Waals surface area contributed by atoms with Crippen LogP contribution in [0.15, 0.2) is 37.9 Å². The van der Waals surface area contributed by atoms with Crippen LogP contribution >= 0.6 is 0 Å². The number of carbonyl (C=O) groups excluding carboxylic acids is 2. The number of rotatable bonds is 6. The molecule has 8 nitrogen and oxygen atoms in total. The molecule has 0 aliphatic carbocycles. The number of fused-ring (bicyclic) bond motifs is 1. The van der Waals surface area contributed by atoms with Gasteiger partial charge in [0.15, 0.2) is 11.5 Å². The number of benzene rings is 1. The second-order valence-corrected chi connectivity index (χ2v) is 6.39. The molecule has 2 aromatic heterocycles. The van der Waals surface area contributed by atoms with Crippen molar-refractivity contribution in [3.8, 4) is 23.0 Å². The monoisotopic (exact) mass is 400 g/mol. The van der Waals surface area contributed by atoms with E-state index in [4.69, 9.17) is 23.0 Å². The van der Waals surface area contributed by atoms with Crippen molar-refractivity contribution >= 4 is 22.9 Å². The van der Waals surface area contributed by atoms with Crippen LogP contribution in [0.4, 0.5) is 0 Å². The Bertz CT molecular complexity index is 1140. The summed E-state index contributed by atoms with van der Waals surface area (Å²) >= 11 is 0. The quantitative estimate of drug-likeness (QED) is 0.457. The normalized spacial score (nSPS) is 10.8. The third-order valence-electron chi connectivity index (χ3n) is 4.14. The highest BCUT2D eigenvalue weighted by molar-refractivity contribution is 5.84. The summed E-state index contributed by atoms with van der Waals surface area (Å²) in [5.74, 6) is 0.299. The van der Waals surface area contributed by atoms with Crippen LogP contribution in [-0.2, 0) is 14.3 Å². The van der Waals surface area contributed by atoms with E-state index in [1.165, 1.54) is 20.8 Å². The average Bonchev–Trinajstić information content (AvgIpc) is 3.08. The first-order valence-corrected chi connectivity index (χ1v) is 8.89. The van der Waals surface area contributed by atoms with E-state index < -0.39 is 11.6 Å². The van der Waals surface area contributed by atoms with Crippen molar-refractivity contribution in [1.82, 2.24) is 0 Å². The fraction of sp³-hybridized carbons (Fsp3) is 0.286. The van der Waals surface area contributed by atoms with Crippen molar-refractivity contribution in [1.29, 1.82) is 0 Å². The van der Waals surface area contributed by atoms with Crippen LogP contribution in [0, 0.1) is 13.8 Å². The van der Waals surface area contributed by atoms with Gasteiger partial charge in [-0.3, -0.25) is 9.59 Å². The van der Waals surface area contributed by atoms with E-state index in [2.05, 4.69) is 0 Å². The van der Waals surface area contributed by atoms with E-state index in [-0.39, 0.29) is 36.3 Å². The van der Waals surface area contributed by atoms with E-state index >= 15 is 0 Å². The molecule has 0 saturated heterocycles. The molecule has 8 heteroatoms. The standard InChI is InChI=1S/C21H20O8/c1-11-19(27-14(4)23)12(2)21(24)29-20(11)18-9-15-5-6-16(10-17(15)28-18)26-8-7-25-13(3)22/h5-6,9-10H,7-8H2,1-4H3. The third kappa shape index (κ3) is 4.48. The van der Waals surface area contributed by atoms with Crippen molar-refractivity contribution < 1.29 is 32.6 Å². The van der Waals surface area contributed by atoms with Gasteiger partial charge in [-0.05, 0) is 32.0 Å². The Morgan fingerprint density at radius 2 is 1.72 bits per heavy atom. The summed E-state index contributed by atoms with van der Waals surface area (Å²) in [6.07, 6.45) is 0. The third-order valence-corrected chi connectivity index (χ3v) is 4.14. The molecule has 3 rings (SSSR count). The van der Waals surface area contributed by atoms with E-state index in [1.54, 1.807) is 31.2 Å². The Labute approximate surface area is 166 Å². The van der Waals surface area contributed by atoms with Gasteiger partial charge in [0.1, 0.15) is 30.3 Å². The molecule has 2 heterocycles. The molecule has 0 unspecified atom stereocenters. The molecule has 29 heavy (non-hydrogen) atoms. The van der Waals surface area contributed by atoms with Gasteiger partial charge in [-0.2, -0.15) is 0 Å². The maximum absolute atomic E-state index is 12.2. The molecule has 0 amide bonds. The number of furan rings is 1. The van der Waals surface area contributed by atoms with Crippen molar-refractivity contribution in [3.63, 3.8) is 0 Å². The minimum absolute atomic E-state index is 0.142. The molecule has 152 valence electrons. The summed E-state index contributed by atoms with van der Waals surface area (Å²) in [6.45, 7) is 6.14. The van der Waals surface area contributed by atoms with Crippen LogP contribution in [0.25, 0.3) is 22.5 Å². The van der Waals surface area contributed by atoms with Gasteiger partial charge in [0.2, 0.25) is 0 Å². The largest absolute Gasteiger partial charge is 0.490 e. The lowest BCUT2D eigenvalue weighted by Crippen LogP contribution is -2.12. The van der Waals surface area contributed by atoms with Gasteiger partial charge in [-0.15, -0.1) is 0 Å². The lowest BCUT2D eigenvalue weighted by Gasteiger charge is -2.10. The van der Waals surface area contributed by atoms with Crippen LogP contribution in [-0.4, -0.2) is 25.2 Å². The predicted molar refractivity (Wildman–Crippen MR) is 103 cm³/mol. The first-order valence-electron chi connectivity index (χ1n) is 8.89. The number of carbonyl (C=O) groups is 2. The van der Waals surface area contributed by atoms with Gasteiger partial charge < -0.3 is 23.0 Å². The minimum Gasteiger partial charge on any atom is -0.490 e. The highest BCUT2D eigenvalue weighted by Crippen LogP contribution is 2.35. The van der Waals surface area contributed by atoms with E-state index in [9.17, 15) is 14.4 Å². The van der Waals surface area contributed by atoms with Crippen LogP contribution in [0.2, 0.25) is 0 Å².